The zero-order chi connectivity index (χ0) is 14.1. The number of nitrogens with zero attached hydrogens (tertiary/aromatic N) is 1. The first-order chi connectivity index (χ1) is 9.70. The van der Waals surface area contributed by atoms with Crippen LogP contribution in [0.25, 0.3) is 11.1 Å². The smallest absolute Gasteiger partial charge is 0.126 e. The largest absolute Gasteiger partial charge is 0.496 e. The maximum absolute atomic E-state index is 5.48. The van der Waals surface area contributed by atoms with Crippen molar-refractivity contribution in [2.45, 2.75) is 18.9 Å². The van der Waals surface area contributed by atoms with Crippen LogP contribution in [0.4, 0.5) is 0 Å². The fraction of sp³-hybridized carbons (Fsp3) is 0.333. The third-order valence-electron chi connectivity index (χ3n) is 4.23. The number of ether oxygens (including phenoxy) is 1. The van der Waals surface area contributed by atoms with Crippen LogP contribution in [-0.4, -0.2) is 26.1 Å². The van der Waals surface area contributed by atoms with E-state index in [0.29, 0.717) is 6.04 Å². The number of aryl methyl sites for hydroxylation is 1. The highest BCUT2D eigenvalue weighted by Crippen LogP contribution is 2.38. The Kier molecular flexibility index (Phi) is 3.49. The van der Waals surface area contributed by atoms with Crippen molar-refractivity contribution in [3.8, 4) is 16.9 Å². The molecule has 0 heterocycles. The Labute approximate surface area is 121 Å². The Balaban J connectivity index is 2.07. The van der Waals surface area contributed by atoms with Crippen LogP contribution in [0.1, 0.15) is 23.6 Å². The average molecular weight is 267 g/mol. The van der Waals surface area contributed by atoms with Crippen molar-refractivity contribution in [2.24, 2.45) is 0 Å². The predicted octanol–water partition coefficient (Wildman–Crippen LogP) is 3.91. The number of hydrogen-bond donors (Lipinski definition) is 0. The minimum absolute atomic E-state index is 0.541. The Morgan fingerprint density at radius 1 is 1.10 bits per heavy atom. The topological polar surface area (TPSA) is 12.5 Å². The lowest BCUT2D eigenvalue weighted by atomic mass is 9.98. The normalized spacial score (nSPS) is 17.3. The van der Waals surface area contributed by atoms with Crippen molar-refractivity contribution in [2.75, 3.05) is 21.2 Å². The van der Waals surface area contributed by atoms with Gasteiger partial charge in [0.2, 0.25) is 0 Å². The standard InChI is InChI=1S/C18H21NO/c1-19(2)17-11-10-13-8-9-14(12-16(13)17)15-6-4-5-7-18(15)20-3/h4-9,12,17H,10-11H2,1-3H3. The van der Waals surface area contributed by atoms with E-state index in [1.54, 1.807) is 7.11 Å². The molecule has 2 nitrogen and oxygen atoms in total. The summed E-state index contributed by atoms with van der Waals surface area (Å²) in [6, 6.07) is 15.6. The molecule has 1 aliphatic carbocycles. The number of benzene rings is 2. The summed E-state index contributed by atoms with van der Waals surface area (Å²) in [5.41, 5.74) is 5.37. The van der Waals surface area contributed by atoms with Gasteiger partial charge >= 0.3 is 0 Å². The third kappa shape index (κ3) is 2.20. The SMILES string of the molecule is COc1ccccc1-c1ccc2c(c1)C(N(C)C)CC2. The molecule has 2 aromatic carbocycles. The molecular formula is C18H21NO. The zero-order valence-electron chi connectivity index (χ0n) is 12.4. The first kappa shape index (κ1) is 13.2. The quantitative estimate of drug-likeness (QED) is 0.836. The molecule has 0 fully saturated rings. The molecule has 0 N–H and O–H groups in total. The maximum Gasteiger partial charge on any atom is 0.126 e. The summed E-state index contributed by atoms with van der Waals surface area (Å²) in [6.45, 7) is 0. The number of hydrogen-bond acceptors (Lipinski definition) is 2. The minimum atomic E-state index is 0.541. The van der Waals surface area contributed by atoms with Crippen molar-refractivity contribution in [1.29, 1.82) is 0 Å². The Morgan fingerprint density at radius 2 is 1.90 bits per heavy atom. The molecule has 1 atom stereocenters. The zero-order valence-corrected chi connectivity index (χ0v) is 12.4. The highest BCUT2D eigenvalue weighted by atomic mass is 16.5. The van der Waals surface area contributed by atoms with Crippen molar-refractivity contribution >= 4 is 0 Å². The summed E-state index contributed by atoms with van der Waals surface area (Å²) in [7, 11) is 6.06. The molecule has 3 rings (SSSR count). The van der Waals surface area contributed by atoms with Gasteiger partial charge in [-0.05, 0) is 55.8 Å². The van der Waals surface area contributed by atoms with Gasteiger partial charge in [0, 0.05) is 11.6 Å². The van der Waals surface area contributed by atoms with Gasteiger partial charge in [-0.2, -0.15) is 0 Å². The molecule has 1 aliphatic rings. The minimum Gasteiger partial charge on any atom is -0.496 e. The van der Waals surface area contributed by atoms with Gasteiger partial charge in [0.25, 0.3) is 0 Å². The first-order valence-corrected chi connectivity index (χ1v) is 7.13. The van der Waals surface area contributed by atoms with Gasteiger partial charge in [0.15, 0.2) is 0 Å². The lowest BCUT2D eigenvalue weighted by Gasteiger charge is -2.20. The lowest BCUT2D eigenvalue weighted by molar-refractivity contribution is 0.299. The summed E-state index contributed by atoms with van der Waals surface area (Å²) in [6.07, 6.45) is 2.40. The monoisotopic (exact) mass is 267 g/mol. The molecular weight excluding hydrogens is 246 g/mol. The summed E-state index contributed by atoms with van der Waals surface area (Å²) >= 11 is 0. The van der Waals surface area contributed by atoms with Gasteiger partial charge in [0.05, 0.1) is 7.11 Å². The summed E-state index contributed by atoms with van der Waals surface area (Å²) in [4.78, 5) is 2.32. The highest BCUT2D eigenvalue weighted by Gasteiger charge is 2.24. The van der Waals surface area contributed by atoms with Gasteiger partial charge in [-0.25, -0.2) is 0 Å². The van der Waals surface area contributed by atoms with E-state index in [1.807, 2.05) is 12.1 Å². The van der Waals surface area contributed by atoms with Crippen LogP contribution >= 0.6 is 0 Å². The van der Waals surface area contributed by atoms with E-state index < -0.39 is 0 Å². The van der Waals surface area contributed by atoms with Crippen molar-refractivity contribution in [3.63, 3.8) is 0 Å². The Hall–Kier alpha value is -1.80. The van der Waals surface area contributed by atoms with Crippen LogP contribution in [0.5, 0.6) is 5.75 Å². The number of para-hydroxylation sites is 1. The molecule has 2 aromatic rings. The van der Waals surface area contributed by atoms with E-state index in [9.17, 15) is 0 Å². The van der Waals surface area contributed by atoms with Crippen molar-refractivity contribution in [3.05, 3.63) is 53.6 Å². The first-order valence-electron chi connectivity index (χ1n) is 7.13. The molecule has 0 saturated heterocycles. The second-order valence-corrected chi connectivity index (χ2v) is 5.63. The lowest BCUT2D eigenvalue weighted by Crippen LogP contribution is -2.17. The molecule has 0 spiro atoms. The molecule has 0 radical (unpaired) electrons. The van der Waals surface area contributed by atoms with E-state index in [0.717, 1.165) is 5.75 Å². The molecule has 0 bridgehead atoms. The molecule has 1 unspecified atom stereocenters. The van der Waals surface area contributed by atoms with Crippen LogP contribution < -0.4 is 4.74 Å². The van der Waals surface area contributed by atoms with Crippen molar-refractivity contribution in [1.82, 2.24) is 4.90 Å². The van der Waals surface area contributed by atoms with Crippen LogP contribution in [-0.2, 0) is 6.42 Å². The fourth-order valence-electron chi connectivity index (χ4n) is 3.17. The summed E-state index contributed by atoms with van der Waals surface area (Å²) in [5, 5.41) is 0. The van der Waals surface area contributed by atoms with Gasteiger partial charge in [-0.15, -0.1) is 0 Å². The number of rotatable bonds is 3. The Morgan fingerprint density at radius 3 is 2.65 bits per heavy atom. The van der Waals surface area contributed by atoms with E-state index in [1.165, 1.54) is 35.1 Å². The third-order valence-corrected chi connectivity index (χ3v) is 4.23. The predicted molar refractivity (Wildman–Crippen MR) is 83.2 cm³/mol. The molecule has 0 saturated carbocycles. The van der Waals surface area contributed by atoms with Gasteiger partial charge in [-0.3, -0.25) is 0 Å². The average Bonchev–Trinajstić information content (AvgIpc) is 2.90. The van der Waals surface area contributed by atoms with E-state index >= 15 is 0 Å². The van der Waals surface area contributed by atoms with E-state index in [-0.39, 0.29) is 0 Å². The van der Waals surface area contributed by atoms with Gasteiger partial charge in [0.1, 0.15) is 5.75 Å². The Bertz CT molecular complexity index is 619. The molecule has 2 heteroatoms. The number of fused-ring (bicyclic) bond motifs is 1. The van der Waals surface area contributed by atoms with E-state index in [4.69, 9.17) is 4.74 Å². The molecule has 0 aromatic heterocycles. The van der Waals surface area contributed by atoms with Gasteiger partial charge in [-0.1, -0.05) is 30.3 Å². The van der Waals surface area contributed by atoms with Crippen LogP contribution in [0.3, 0.4) is 0 Å². The highest BCUT2D eigenvalue weighted by molar-refractivity contribution is 5.71. The molecule has 0 aliphatic heterocycles. The van der Waals surface area contributed by atoms with Gasteiger partial charge < -0.3 is 9.64 Å². The molecule has 20 heavy (non-hydrogen) atoms. The van der Waals surface area contributed by atoms with Crippen LogP contribution in [0.15, 0.2) is 42.5 Å². The molecule has 0 amide bonds. The molecule has 104 valence electrons. The summed E-state index contributed by atoms with van der Waals surface area (Å²) in [5.74, 6) is 0.937. The van der Waals surface area contributed by atoms with Crippen LogP contribution in [0, 0.1) is 0 Å². The second-order valence-electron chi connectivity index (χ2n) is 5.63. The van der Waals surface area contributed by atoms with E-state index in [2.05, 4.69) is 49.3 Å². The van der Waals surface area contributed by atoms with Crippen molar-refractivity contribution < 1.29 is 4.74 Å². The maximum atomic E-state index is 5.48. The number of methoxy groups -OCH3 is 1. The fourth-order valence-corrected chi connectivity index (χ4v) is 3.17. The second kappa shape index (κ2) is 5.29. The van der Waals surface area contributed by atoms with Crippen LogP contribution in [0.2, 0.25) is 0 Å². The summed E-state index contributed by atoms with van der Waals surface area (Å²) < 4.78 is 5.48.